The highest BCUT2D eigenvalue weighted by Crippen LogP contribution is 2.34. The zero-order valence-electron chi connectivity index (χ0n) is 8.68. The van der Waals surface area contributed by atoms with Gasteiger partial charge < -0.3 is 19.9 Å². The summed E-state index contributed by atoms with van der Waals surface area (Å²) >= 11 is 0. The number of hydrogen-bond acceptors (Lipinski definition) is 5. The molecular weight excluding hydrogens is 208 g/mol. The average Bonchev–Trinajstić information content (AvgIpc) is 2.75. The third kappa shape index (κ3) is 1.54. The third-order valence-corrected chi connectivity index (χ3v) is 2.61. The molecule has 0 spiro atoms. The Balaban J connectivity index is 1.86. The first kappa shape index (κ1) is 9.33. The fourth-order valence-electron chi connectivity index (χ4n) is 1.83. The van der Waals surface area contributed by atoms with Gasteiger partial charge in [0.2, 0.25) is 0 Å². The lowest BCUT2D eigenvalue weighted by Gasteiger charge is -2.20. The normalized spacial score (nSPS) is 22.5. The van der Waals surface area contributed by atoms with Crippen LogP contribution in [0.4, 0.5) is 0 Å². The predicted molar refractivity (Wildman–Crippen MR) is 57.7 cm³/mol. The molecule has 5 nitrogen and oxygen atoms in total. The second-order valence-corrected chi connectivity index (χ2v) is 3.69. The summed E-state index contributed by atoms with van der Waals surface area (Å²) in [5.74, 6) is 1.54. The minimum atomic E-state index is -0.101. The van der Waals surface area contributed by atoms with Gasteiger partial charge in [0.15, 0.2) is 11.5 Å². The van der Waals surface area contributed by atoms with E-state index in [-0.39, 0.29) is 12.1 Å². The summed E-state index contributed by atoms with van der Waals surface area (Å²) in [4.78, 5) is 4.01. The van der Waals surface area contributed by atoms with Crippen molar-refractivity contribution in [3.63, 3.8) is 0 Å². The quantitative estimate of drug-likeness (QED) is 0.761. The van der Waals surface area contributed by atoms with Crippen LogP contribution in [0.25, 0.3) is 0 Å². The second kappa shape index (κ2) is 3.59. The summed E-state index contributed by atoms with van der Waals surface area (Å²) in [6.45, 7) is 1.74. The maximum atomic E-state index is 5.50. The molecule has 0 radical (unpaired) electrons. The van der Waals surface area contributed by atoms with E-state index in [1.54, 1.807) is 0 Å². The lowest BCUT2D eigenvalue weighted by atomic mass is 10.1. The van der Waals surface area contributed by atoms with Crippen LogP contribution in [-0.4, -0.2) is 25.8 Å². The molecule has 0 saturated heterocycles. The van der Waals surface area contributed by atoms with Crippen LogP contribution >= 0.6 is 0 Å². The standard InChI is InChI=1S/C11H12N2O3/c12-11-13-6-10(16-11)7-1-2-8-9(5-7)15-4-3-14-8/h1-2,5,10H,3-4,6H2,(H2,12,13). The van der Waals surface area contributed by atoms with Gasteiger partial charge in [-0.25, -0.2) is 4.99 Å². The van der Waals surface area contributed by atoms with Gasteiger partial charge in [0.05, 0.1) is 6.54 Å². The summed E-state index contributed by atoms with van der Waals surface area (Å²) < 4.78 is 16.3. The number of benzene rings is 1. The van der Waals surface area contributed by atoms with Gasteiger partial charge in [-0.15, -0.1) is 0 Å². The summed E-state index contributed by atoms with van der Waals surface area (Å²) in [6.07, 6.45) is -0.101. The molecule has 1 aromatic carbocycles. The molecule has 2 aliphatic heterocycles. The molecule has 1 unspecified atom stereocenters. The second-order valence-electron chi connectivity index (χ2n) is 3.69. The molecule has 0 aromatic heterocycles. The minimum absolute atomic E-state index is 0.101. The summed E-state index contributed by atoms with van der Waals surface area (Å²) in [5, 5.41) is 0. The molecule has 5 heteroatoms. The molecule has 1 atom stereocenters. The van der Waals surface area contributed by atoms with Crippen molar-refractivity contribution in [2.45, 2.75) is 6.10 Å². The summed E-state index contributed by atoms with van der Waals surface area (Å²) in [7, 11) is 0. The molecule has 0 bridgehead atoms. The minimum Gasteiger partial charge on any atom is -0.486 e. The van der Waals surface area contributed by atoms with Crippen molar-refractivity contribution >= 4 is 6.02 Å². The van der Waals surface area contributed by atoms with Crippen LogP contribution in [0.15, 0.2) is 23.2 Å². The van der Waals surface area contributed by atoms with E-state index in [9.17, 15) is 0 Å². The van der Waals surface area contributed by atoms with Crippen LogP contribution in [0.1, 0.15) is 11.7 Å². The van der Waals surface area contributed by atoms with Gasteiger partial charge in [-0.3, -0.25) is 0 Å². The number of hydrogen-bond donors (Lipinski definition) is 1. The fourth-order valence-corrected chi connectivity index (χ4v) is 1.83. The molecule has 2 N–H and O–H groups in total. The zero-order chi connectivity index (χ0) is 11.0. The average molecular weight is 220 g/mol. The van der Waals surface area contributed by atoms with E-state index in [0.29, 0.717) is 19.8 Å². The molecule has 3 rings (SSSR count). The van der Waals surface area contributed by atoms with E-state index in [4.69, 9.17) is 19.9 Å². The zero-order valence-corrected chi connectivity index (χ0v) is 8.68. The molecule has 0 saturated carbocycles. The van der Waals surface area contributed by atoms with Crippen LogP contribution in [0.2, 0.25) is 0 Å². The Morgan fingerprint density at radius 3 is 2.75 bits per heavy atom. The van der Waals surface area contributed by atoms with Crippen LogP contribution in [0.5, 0.6) is 11.5 Å². The molecule has 2 aliphatic rings. The highest BCUT2D eigenvalue weighted by Gasteiger charge is 2.22. The van der Waals surface area contributed by atoms with Crippen molar-refractivity contribution in [1.82, 2.24) is 0 Å². The predicted octanol–water partition coefficient (Wildman–Crippen LogP) is 0.844. The van der Waals surface area contributed by atoms with Crippen molar-refractivity contribution in [2.75, 3.05) is 19.8 Å². The van der Waals surface area contributed by atoms with Gasteiger partial charge in [-0.2, -0.15) is 0 Å². The number of nitrogens with zero attached hydrogens (tertiary/aromatic N) is 1. The Bertz CT molecular complexity index is 445. The van der Waals surface area contributed by atoms with E-state index >= 15 is 0 Å². The van der Waals surface area contributed by atoms with E-state index in [0.717, 1.165) is 17.1 Å². The van der Waals surface area contributed by atoms with Gasteiger partial charge in [0.1, 0.15) is 19.3 Å². The number of rotatable bonds is 1. The number of ether oxygens (including phenoxy) is 3. The Kier molecular flexibility index (Phi) is 2.09. The largest absolute Gasteiger partial charge is 0.486 e. The lowest BCUT2D eigenvalue weighted by molar-refractivity contribution is 0.170. The van der Waals surface area contributed by atoms with Gasteiger partial charge in [-0.1, -0.05) is 6.07 Å². The topological polar surface area (TPSA) is 66.1 Å². The van der Waals surface area contributed by atoms with Gasteiger partial charge >= 0.3 is 0 Å². The molecule has 0 aliphatic carbocycles. The first-order valence-corrected chi connectivity index (χ1v) is 5.19. The van der Waals surface area contributed by atoms with Gasteiger partial charge in [-0.05, 0) is 17.7 Å². The number of fused-ring (bicyclic) bond motifs is 1. The molecular formula is C11H12N2O3. The SMILES string of the molecule is NC1=NCC(c2ccc3c(c2)OCCO3)O1. The van der Waals surface area contributed by atoms with Crippen molar-refractivity contribution in [2.24, 2.45) is 10.7 Å². The lowest BCUT2D eigenvalue weighted by Crippen LogP contribution is -2.16. The highest BCUT2D eigenvalue weighted by atomic mass is 16.6. The molecule has 84 valence electrons. The number of aliphatic imine (C=N–C) groups is 1. The maximum Gasteiger partial charge on any atom is 0.282 e. The van der Waals surface area contributed by atoms with E-state index in [1.807, 2.05) is 18.2 Å². The smallest absolute Gasteiger partial charge is 0.282 e. The van der Waals surface area contributed by atoms with Gasteiger partial charge in [0.25, 0.3) is 6.02 Å². The van der Waals surface area contributed by atoms with Crippen LogP contribution in [-0.2, 0) is 4.74 Å². The van der Waals surface area contributed by atoms with E-state index < -0.39 is 0 Å². The Morgan fingerprint density at radius 1 is 1.19 bits per heavy atom. The molecule has 2 heterocycles. The maximum absolute atomic E-state index is 5.50. The monoisotopic (exact) mass is 220 g/mol. The Morgan fingerprint density at radius 2 is 2.00 bits per heavy atom. The molecule has 1 aromatic rings. The molecule has 16 heavy (non-hydrogen) atoms. The van der Waals surface area contributed by atoms with E-state index in [2.05, 4.69) is 4.99 Å². The summed E-state index contributed by atoms with van der Waals surface area (Å²) in [6, 6.07) is 6.02. The summed E-state index contributed by atoms with van der Waals surface area (Å²) in [5.41, 5.74) is 6.48. The van der Waals surface area contributed by atoms with Crippen molar-refractivity contribution in [3.8, 4) is 11.5 Å². The van der Waals surface area contributed by atoms with E-state index in [1.165, 1.54) is 0 Å². The van der Waals surface area contributed by atoms with Crippen molar-refractivity contribution < 1.29 is 14.2 Å². The van der Waals surface area contributed by atoms with Crippen LogP contribution < -0.4 is 15.2 Å². The van der Waals surface area contributed by atoms with Crippen LogP contribution in [0.3, 0.4) is 0 Å². The first-order valence-electron chi connectivity index (χ1n) is 5.19. The Hall–Kier alpha value is -1.91. The Labute approximate surface area is 92.8 Å². The van der Waals surface area contributed by atoms with Crippen LogP contribution in [0, 0.1) is 0 Å². The third-order valence-electron chi connectivity index (χ3n) is 2.61. The molecule has 0 amide bonds. The first-order chi connectivity index (χ1) is 7.83. The number of amidine groups is 1. The fraction of sp³-hybridized carbons (Fsp3) is 0.364. The van der Waals surface area contributed by atoms with Gasteiger partial charge in [0, 0.05) is 0 Å². The van der Waals surface area contributed by atoms with Crippen molar-refractivity contribution in [1.29, 1.82) is 0 Å². The molecule has 0 fully saturated rings. The highest BCUT2D eigenvalue weighted by molar-refractivity contribution is 5.73. The number of nitrogens with two attached hydrogens (primary N) is 1. The van der Waals surface area contributed by atoms with Crippen molar-refractivity contribution in [3.05, 3.63) is 23.8 Å².